The summed E-state index contributed by atoms with van der Waals surface area (Å²) in [4.78, 5) is 29.0. The highest BCUT2D eigenvalue weighted by Crippen LogP contribution is 2.35. The molecule has 1 aliphatic rings. The first-order valence-corrected chi connectivity index (χ1v) is 13.5. The van der Waals surface area contributed by atoms with Gasteiger partial charge in [-0.05, 0) is 75.1 Å². The van der Waals surface area contributed by atoms with Crippen LogP contribution in [0, 0.1) is 11.7 Å². The second-order valence-corrected chi connectivity index (χ2v) is 11.2. The standard InChI is InChI=1S/C26H26ClFN4O4S/c1-16(31-36-3)24-25(30-11-10-29-24)17(2)32(15-18-4-5-18)26(33)19-12-20(27)14-23(13-19)37(34,35)22-8-6-21(28)7-9-22/h6-14,17-18H,4-5,15H2,1-3H3. The van der Waals surface area contributed by atoms with Crippen LogP contribution < -0.4 is 0 Å². The number of amides is 1. The lowest BCUT2D eigenvalue weighted by Gasteiger charge is -2.30. The fraction of sp³-hybridized carbons (Fsp3) is 0.308. The van der Waals surface area contributed by atoms with Crippen molar-refractivity contribution >= 4 is 33.1 Å². The van der Waals surface area contributed by atoms with E-state index in [0.29, 0.717) is 29.6 Å². The maximum absolute atomic E-state index is 13.9. The number of sulfone groups is 1. The van der Waals surface area contributed by atoms with E-state index >= 15 is 0 Å². The average Bonchev–Trinajstić information content (AvgIpc) is 3.71. The van der Waals surface area contributed by atoms with Crippen molar-refractivity contribution in [2.75, 3.05) is 13.7 Å². The van der Waals surface area contributed by atoms with E-state index in [1.54, 1.807) is 18.0 Å². The summed E-state index contributed by atoms with van der Waals surface area (Å²) in [5.74, 6) is -0.614. The molecule has 0 saturated heterocycles. The van der Waals surface area contributed by atoms with Crippen molar-refractivity contribution in [2.45, 2.75) is 42.5 Å². The van der Waals surface area contributed by atoms with Crippen LogP contribution in [0.4, 0.5) is 4.39 Å². The van der Waals surface area contributed by atoms with Gasteiger partial charge in [-0.25, -0.2) is 12.8 Å². The molecule has 37 heavy (non-hydrogen) atoms. The van der Waals surface area contributed by atoms with Crippen molar-refractivity contribution in [3.05, 3.63) is 82.6 Å². The number of carbonyl (C=O) groups is 1. The van der Waals surface area contributed by atoms with Crippen LogP contribution in [0.5, 0.6) is 0 Å². The Hall–Kier alpha value is -3.37. The highest BCUT2D eigenvalue weighted by atomic mass is 35.5. The van der Waals surface area contributed by atoms with Crippen molar-refractivity contribution in [1.82, 2.24) is 14.9 Å². The van der Waals surface area contributed by atoms with Gasteiger partial charge in [0.25, 0.3) is 5.91 Å². The molecule has 0 aliphatic heterocycles. The molecule has 3 aromatic rings. The summed E-state index contributed by atoms with van der Waals surface area (Å²) in [6, 6.07) is 7.99. The van der Waals surface area contributed by atoms with Crippen LogP contribution in [0.1, 0.15) is 54.5 Å². The number of rotatable bonds is 9. The van der Waals surface area contributed by atoms with Crippen molar-refractivity contribution in [2.24, 2.45) is 11.1 Å². The minimum Gasteiger partial charge on any atom is -0.399 e. The highest BCUT2D eigenvalue weighted by Gasteiger charge is 2.33. The zero-order valence-corrected chi connectivity index (χ0v) is 22.1. The van der Waals surface area contributed by atoms with Crippen molar-refractivity contribution in [1.29, 1.82) is 0 Å². The maximum atomic E-state index is 13.9. The molecule has 1 atom stereocenters. The second-order valence-electron chi connectivity index (χ2n) is 8.86. The largest absolute Gasteiger partial charge is 0.399 e. The lowest BCUT2D eigenvalue weighted by atomic mass is 10.1. The van der Waals surface area contributed by atoms with Crippen LogP contribution in [-0.4, -0.2) is 48.6 Å². The zero-order valence-electron chi connectivity index (χ0n) is 20.6. The van der Waals surface area contributed by atoms with E-state index in [-0.39, 0.29) is 20.4 Å². The fourth-order valence-electron chi connectivity index (χ4n) is 4.01. The quantitative estimate of drug-likeness (QED) is 0.211. The minimum atomic E-state index is -4.04. The molecule has 0 bridgehead atoms. The van der Waals surface area contributed by atoms with E-state index in [0.717, 1.165) is 25.0 Å². The van der Waals surface area contributed by atoms with Gasteiger partial charge in [0.05, 0.1) is 21.5 Å². The van der Waals surface area contributed by atoms with Crippen molar-refractivity contribution in [3.8, 4) is 0 Å². The Balaban J connectivity index is 1.74. The third-order valence-corrected chi connectivity index (χ3v) is 8.09. The molecular formula is C26H26ClFN4O4S. The first kappa shape index (κ1) is 26.7. The molecule has 4 rings (SSSR count). The summed E-state index contributed by atoms with van der Waals surface area (Å²) >= 11 is 6.29. The Kier molecular flexibility index (Phi) is 7.89. The van der Waals surface area contributed by atoms with Crippen molar-refractivity contribution in [3.63, 3.8) is 0 Å². The van der Waals surface area contributed by atoms with Crippen LogP contribution in [0.15, 0.2) is 69.8 Å². The zero-order chi connectivity index (χ0) is 26.7. The van der Waals surface area contributed by atoms with Gasteiger partial charge in [-0.15, -0.1) is 0 Å². The Bertz CT molecular complexity index is 1440. The van der Waals surface area contributed by atoms with E-state index in [1.165, 1.54) is 43.6 Å². The predicted octanol–water partition coefficient (Wildman–Crippen LogP) is 5.09. The smallest absolute Gasteiger partial charge is 0.254 e. The molecule has 194 valence electrons. The molecule has 8 nitrogen and oxygen atoms in total. The van der Waals surface area contributed by atoms with Crippen molar-refractivity contribution < 1.29 is 22.4 Å². The molecule has 1 fully saturated rings. The molecule has 0 spiro atoms. The molecule has 1 saturated carbocycles. The number of nitrogens with zero attached hydrogens (tertiary/aromatic N) is 4. The van der Waals surface area contributed by atoms with E-state index < -0.39 is 27.6 Å². The molecule has 0 radical (unpaired) electrons. The van der Waals surface area contributed by atoms with E-state index in [2.05, 4.69) is 15.1 Å². The summed E-state index contributed by atoms with van der Waals surface area (Å²) in [6.45, 7) is 4.04. The average molecular weight is 545 g/mol. The van der Waals surface area contributed by atoms with Gasteiger partial charge in [0.1, 0.15) is 24.3 Å². The topological polar surface area (TPSA) is 102 Å². The Labute approximate surface area is 220 Å². The molecule has 1 aliphatic carbocycles. The molecule has 1 amide bonds. The SMILES string of the molecule is CON=C(C)c1nccnc1C(C)N(CC1CC1)C(=O)c1cc(Cl)cc(S(=O)(=O)c2ccc(F)cc2)c1. The molecule has 1 aromatic heterocycles. The molecular weight excluding hydrogens is 519 g/mol. The maximum Gasteiger partial charge on any atom is 0.254 e. The number of benzene rings is 2. The Morgan fingerprint density at radius 3 is 2.49 bits per heavy atom. The van der Waals surface area contributed by atoms with Crippen LogP contribution >= 0.6 is 11.6 Å². The highest BCUT2D eigenvalue weighted by molar-refractivity contribution is 7.91. The molecule has 1 unspecified atom stereocenters. The molecule has 11 heteroatoms. The second kappa shape index (κ2) is 10.9. The van der Waals surface area contributed by atoms with Gasteiger partial charge in [-0.3, -0.25) is 14.8 Å². The number of carbonyl (C=O) groups excluding carboxylic acids is 1. The Morgan fingerprint density at radius 1 is 1.16 bits per heavy atom. The molecule has 0 N–H and O–H groups in total. The number of hydrogen-bond acceptors (Lipinski definition) is 7. The number of hydrogen-bond donors (Lipinski definition) is 0. The summed E-state index contributed by atoms with van der Waals surface area (Å²) in [7, 11) is -2.61. The van der Waals surface area contributed by atoms with E-state index in [9.17, 15) is 17.6 Å². The van der Waals surface area contributed by atoms with Gasteiger partial charge in [0.2, 0.25) is 9.84 Å². The lowest BCUT2D eigenvalue weighted by molar-refractivity contribution is 0.0676. The molecule has 2 aromatic carbocycles. The Morgan fingerprint density at radius 2 is 1.84 bits per heavy atom. The van der Waals surface area contributed by atoms with Gasteiger partial charge in [-0.2, -0.15) is 0 Å². The first-order valence-electron chi connectivity index (χ1n) is 11.6. The van der Waals surface area contributed by atoms with Crippen LogP contribution in [-0.2, 0) is 14.7 Å². The minimum absolute atomic E-state index is 0.0915. The van der Waals surface area contributed by atoms with Gasteiger partial charge in [0.15, 0.2) is 0 Å². The number of halogens is 2. The monoisotopic (exact) mass is 544 g/mol. The van der Waals surface area contributed by atoms with Gasteiger partial charge < -0.3 is 9.74 Å². The first-order chi connectivity index (χ1) is 17.6. The van der Waals surface area contributed by atoms with E-state index in [4.69, 9.17) is 16.4 Å². The van der Waals surface area contributed by atoms with Gasteiger partial charge in [0, 0.05) is 29.5 Å². The predicted molar refractivity (Wildman–Crippen MR) is 137 cm³/mol. The third kappa shape index (κ3) is 5.97. The lowest BCUT2D eigenvalue weighted by Crippen LogP contribution is -2.36. The third-order valence-electron chi connectivity index (χ3n) is 6.13. The van der Waals surface area contributed by atoms with Gasteiger partial charge in [-0.1, -0.05) is 16.8 Å². The van der Waals surface area contributed by atoms with E-state index in [1.807, 2.05) is 6.92 Å². The van der Waals surface area contributed by atoms with Crippen LogP contribution in [0.25, 0.3) is 0 Å². The normalized spacial score (nSPS) is 14.8. The van der Waals surface area contributed by atoms with Crippen LogP contribution in [0.2, 0.25) is 5.02 Å². The summed E-state index contributed by atoms with van der Waals surface area (Å²) in [6.07, 6.45) is 5.07. The fourth-order valence-corrected chi connectivity index (χ4v) is 5.64. The van der Waals surface area contributed by atoms with Crippen LogP contribution in [0.3, 0.4) is 0 Å². The molecule has 1 heterocycles. The number of oxime groups is 1. The van der Waals surface area contributed by atoms with Gasteiger partial charge >= 0.3 is 0 Å². The number of aromatic nitrogens is 2. The summed E-state index contributed by atoms with van der Waals surface area (Å²) < 4.78 is 39.8. The summed E-state index contributed by atoms with van der Waals surface area (Å²) in [5, 5.41) is 4.05. The summed E-state index contributed by atoms with van der Waals surface area (Å²) in [5.41, 5.74) is 1.66.